The van der Waals surface area contributed by atoms with Gasteiger partial charge in [0.05, 0.1) is 18.9 Å². The van der Waals surface area contributed by atoms with Crippen LogP contribution in [0.15, 0.2) is 46.0 Å². The van der Waals surface area contributed by atoms with E-state index >= 15 is 0 Å². The van der Waals surface area contributed by atoms with Gasteiger partial charge in [-0.1, -0.05) is 26.0 Å². The third-order valence-electron chi connectivity index (χ3n) is 4.54. The summed E-state index contributed by atoms with van der Waals surface area (Å²) in [7, 11) is 1.74. The van der Waals surface area contributed by atoms with Gasteiger partial charge in [0, 0.05) is 25.7 Å². The summed E-state index contributed by atoms with van der Waals surface area (Å²) in [6.07, 6.45) is 2.29. The minimum Gasteiger partial charge on any atom is -0.493 e. The van der Waals surface area contributed by atoms with Crippen molar-refractivity contribution in [2.45, 2.75) is 40.2 Å². The van der Waals surface area contributed by atoms with Crippen LogP contribution in [0.25, 0.3) is 0 Å². The van der Waals surface area contributed by atoms with E-state index in [9.17, 15) is 4.79 Å². The van der Waals surface area contributed by atoms with Crippen molar-refractivity contribution in [3.8, 4) is 5.75 Å². The molecule has 2 aromatic rings. The highest BCUT2D eigenvalue weighted by Crippen LogP contribution is 2.18. The van der Waals surface area contributed by atoms with Crippen LogP contribution in [0.2, 0.25) is 0 Å². The van der Waals surface area contributed by atoms with Crippen LogP contribution in [0.5, 0.6) is 5.75 Å². The maximum Gasteiger partial charge on any atom is 0.287 e. The van der Waals surface area contributed by atoms with Crippen LogP contribution in [0.1, 0.15) is 54.9 Å². The second kappa shape index (κ2) is 14.0. The first-order valence-corrected chi connectivity index (χ1v) is 10.4. The number of hydrogen-bond donors (Lipinski definition) is 3. The van der Waals surface area contributed by atoms with Gasteiger partial charge in [-0.2, -0.15) is 0 Å². The summed E-state index contributed by atoms with van der Waals surface area (Å²) in [6.45, 7) is 10.2. The Balaban J connectivity index is 0.00000480. The Labute approximate surface area is 202 Å². The maximum absolute atomic E-state index is 12.0. The number of rotatable bonds is 10. The lowest BCUT2D eigenvalue weighted by Crippen LogP contribution is -2.40. The number of furan rings is 1. The van der Waals surface area contributed by atoms with Gasteiger partial charge < -0.3 is 25.1 Å². The minimum absolute atomic E-state index is 0. The molecule has 1 aromatic heterocycles. The zero-order chi connectivity index (χ0) is 21.9. The molecule has 0 spiro atoms. The summed E-state index contributed by atoms with van der Waals surface area (Å²) in [5.74, 6) is 2.29. The van der Waals surface area contributed by atoms with Crippen molar-refractivity contribution < 1.29 is 13.9 Å². The molecule has 1 unspecified atom stereocenters. The maximum atomic E-state index is 12.0. The summed E-state index contributed by atoms with van der Waals surface area (Å²) < 4.78 is 10.9. The lowest BCUT2D eigenvalue weighted by atomic mass is 10.1. The smallest absolute Gasteiger partial charge is 0.287 e. The fourth-order valence-corrected chi connectivity index (χ4v) is 2.78. The highest BCUT2D eigenvalue weighted by atomic mass is 127. The number of aryl methyl sites for hydroxylation is 1. The highest BCUT2D eigenvalue weighted by Gasteiger charge is 2.12. The molecular weight excluding hydrogens is 507 g/mol. The number of ether oxygens (including phenoxy) is 1. The zero-order valence-corrected chi connectivity index (χ0v) is 21.4. The van der Waals surface area contributed by atoms with Gasteiger partial charge in [-0.15, -0.1) is 24.0 Å². The molecule has 0 saturated carbocycles. The molecule has 0 aliphatic heterocycles. The van der Waals surface area contributed by atoms with Crippen molar-refractivity contribution in [1.82, 2.24) is 16.0 Å². The van der Waals surface area contributed by atoms with Crippen molar-refractivity contribution in [3.63, 3.8) is 0 Å². The van der Waals surface area contributed by atoms with Crippen molar-refractivity contribution in [2.24, 2.45) is 10.9 Å². The molecule has 0 fully saturated rings. The van der Waals surface area contributed by atoms with E-state index in [-0.39, 0.29) is 35.9 Å². The highest BCUT2D eigenvalue weighted by molar-refractivity contribution is 14.0. The number of hydrogen-bond acceptors (Lipinski definition) is 4. The van der Waals surface area contributed by atoms with E-state index in [1.165, 1.54) is 6.26 Å². The Bertz CT molecular complexity index is 818. The molecule has 0 bridgehead atoms. The molecule has 7 nitrogen and oxygen atoms in total. The van der Waals surface area contributed by atoms with Crippen molar-refractivity contribution in [1.29, 1.82) is 0 Å². The Morgan fingerprint density at radius 3 is 2.35 bits per heavy atom. The van der Waals surface area contributed by atoms with E-state index in [2.05, 4.69) is 53.8 Å². The first kappa shape index (κ1) is 26.8. The van der Waals surface area contributed by atoms with E-state index < -0.39 is 0 Å². The van der Waals surface area contributed by atoms with Crippen LogP contribution in [0.4, 0.5) is 0 Å². The Morgan fingerprint density at radius 1 is 1.10 bits per heavy atom. The predicted molar refractivity (Wildman–Crippen MR) is 135 cm³/mol. The summed E-state index contributed by atoms with van der Waals surface area (Å²) in [5, 5.41) is 9.51. The van der Waals surface area contributed by atoms with Crippen molar-refractivity contribution in [3.05, 3.63) is 53.5 Å². The monoisotopic (exact) mass is 542 g/mol. The van der Waals surface area contributed by atoms with Gasteiger partial charge >= 0.3 is 0 Å². The number of aliphatic imine (C=N–C) groups is 1. The molecule has 172 valence electrons. The van der Waals surface area contributed by atoms with E-state index in [0.29, 0.717) is 31.4 Å². The third kappa shape index (κ3) is 9.20. The first-order chi connectivity index (χ1) is 14.4. The second-order valence-electron chi connectivity index (χ2n) is 7.68. The van der Waals surface area contributed by atoms with Crippen LogP contribution < -0.4 is 20.7 Å². The third-order valence-corrected chi connectivity index (χ3v) is 4.54. The van der Waals surface area contributed by atoms with Gasteiger partial charge in [0.15, 0.2) is 11.7 Å². The van der Waals surface area contributed by atoms with Crippen LogP contribution in [-0.2, 0) is 0 Å². The lowest BCUT2D eigenvalue weighted by Gasteiger charge is -2.19. The molecule has 1 heterocycles. The number of benzene rings is 1. The number of guanidine groups is 1. The number of nitrogens with zero attached hydrogens (tertiary/aromatic N) is 1. The summed E-state index contributed by atoms with van der Waals surface area (Å²) in [5.41, 5.74) is 1.99. The number of carbonyl (C=O) groups excluding carboxylic acids is 1. The molecule has 1 aromatic carbocycles. The van der Waals surface area contributed by atoms with Crippen molar-refractivity contribution in [2.75, 3.05) is 26.7 Å². The van der Waals surface area contributed by atoms with E-state index in [1.54, 1.807) is 13.1 Å². The van der Waals surface area contributed by atoms with Gasteiger partial charge in [0.1, 0.15) is 5.75 Å². The molecule has 2 rings (SSSR count). The Hall–Kier alpha value is -2.23. The molecule has 1 atom stereocenters. The quantitative estimate of drug-likeness (QED) is 0.181. The largest absolute Gasteiger partial charge is 0.493 e. The predicted octanol–water partition coefficient (Wildman–Crippen LogP) is 4.29. The normalized spacial score (nSPS) is 12.1. The number of carbonyl (C=O) groups is 1. The average Bonchev–Trinajstić information content (AvgIpc) is 3.17. The van der Waals surface area contributed by atoms with Crippen LogP contribution in [0, 0.1) is 12.8 Å². The number of amides is 1. The van der Waals surface area contributed by atoms with Gasteiger partial charge in [-0.3, -0.25) is 9.79 Å². The Morgan fingerprint density at radius 2 is 1.77 bits per heavy atom. The molecule has 0 aliphatic carbocycles. The number of halogens is 1. The summed E-state index contributed by atoms with van der Waals surface area (Å²) in [6, 6.07) is 9.99. The van der Waals surface area contributed by atoms with E-state index in [1.807, 2.05) is 19.1 Å². The summed E-state index contributed by atoms with van der Waals surface area (Å²) in [4.78, 5) is 16.3. The molecule has 31 heavy (non-hydrogen) atoms. The van der Waals surface area contributed by atoms with E-state index in [0.717, 1.165) is 29.3 Å². The van der Waals surface area contributed by atoms with Gasteiger partial charge in [0.25, 0.3) is 5.91 Å². The zero-order valence-electron chi connectivity index (χ0n) is 19.0. The molecular formula is C23H35IN4O3. The SMILES string of the molecule is CN=C(NCCCNC(=O)c1occc1C)NC(C)c1ccc(OCC(C)C)cc1.I. The number of nitrogens with one attached hydrogen (secondary N) is 3. The van der Waals surface area contributed by atoms with E-state index in [4.69, 9.17) is 9.15 Å². The molecule has 0 radical (unpaired) electrons. The molecule has 1 amide bonds. The van der Waals surface area contributed by atoms with Gasteiger partial charge in [-0.05, 0) is 49.9 Å². The molecule has 0 saturated heterocycles. The standard InChI is InChI=1S/C23H34N4O3.HI/c1-16(2)15-30-20-9-7-19(8-10-20)18(4)27-23(24-5)26-13-6-12-25-22(28)21-17(3)11-14-29-21;/h7-11,14,16,18H,6,12-13,15H2,1-5H3,(H,25,28)(H2,24,26,27);1H. The fraction of sp³-hybridized carbons (Fsp3) is 0.478. The fourth-order valence-electron chi connectivity index (χ4n) is 2.78. The van der Waals surface area contributed by atoms with Gasteiger partial charge in [-0.25, -0.2) is 0 Å². The van der Waals surface area contributed by atoms with Gasteiger partial charge in [0.2, 0.25) is 0 Å². The van der Waals surface area contributed by atoms with Crippen molar-refractivity contribution >= 4 is 35.8 Å². The van der Waals surface area contributed by atoms with Crippen LogP contribution in [-0.4, -0.2) is 38.6 Å². The lowest BCUT2D eigenvalue weighted by molar-refractivity contribution is 0.0925. The van der Waals surface area contributed by atoms with Crippen LogP contribution in [0.3, 0.4) is 0 Å². The molecule has 0 aliphatic rings. The van der Waals surface area contributed by atoms with Crippen LogP contribution >= 0.6 is 24.0 Å². The second-order valence-corrected chi connectivity index (χ2v) is 7.68. The summed E-state index contributed by atoms with van der Waals surface area (Å²) >= 11 is 0. The minimum atomic E-state index is -0.186. The Kier molecular flexibility index (Phi) is 12.1. The topological polar surface area (TPSA) is 87.9 Å². The average molecular weight is 542 g/mol. The molecule has 3 N–H and O–H groups in total. The first-order valence-electron chi connectivity index (χ1n) is 10.4. The molecule has 8 heteroatoms.